The molecule has 22 heavy (non-hydrogen) atoms. The van der Waals surface area contributed by atoms with Crippen molar-refractivity contribution in [1.82, 2.24) is 0 Å². The van der Waals surface area contributed by atoms with Crippen LogP contribution in [-0.4, -0.2) is 28.6 Å². The molecule has 0 aromatic rings. The summed E-state index contributed by atoms with van der Waals surface area (Å²) in [5.74, 6) is 0. The van der Waals surface area contributed by atoms with Crippen molar-refractivity contribution in [2.75, 3.05) is 19.8 Å². The Balaban J connectivity index is -0.000000405. The summed E-state index contributed by atoms with van der Waals surface area (Å²) in [6.45, 7) is 9.98. The van der Waals surface area contributed by atoms with Gasteiger partial charge in [0.2, 0.25) is 0 Å². The molecule has 0 atom stereocenters. The zero-order valence-electron chi connectivity index (χ0n) is 15.4. The van der Waals surface area contributed by atoms with E-state index < -0.39 is 8.80 Å². The Morgan fingerprint density at radius 1 is 0.955 bits per heavy atom. The fourth-order valence-corrected chi connectivity index (χ4v) is 5.00. The third kappa shape index (κ3) is 7.69. The molecule has 0 radical (unpaired) electrons. The number of rotatable bonds is 9. The maximum atomic E-state index is 5.94. The molecule has 0 spiro atoms. The minimum atomic E-state index is -2.70. The van der Waals surface area contributed by atoms with E-state index in [1.807, 2.05) is 20.8 Å². The van der Waals surface area contributed by atoms with Gasteiger partial charge in [-0.3, -0.25) is 6.08 Å². The van der Waals surface area contributed by atoms with Crippen LogP contribution >= 0.6 is 0 Å². The summed E-state index contributed by atoms with van der Waals surface area (Å²) < 4.78 is 17.8. The minimum Gasteiger partial charge on any atom is -0.382 e. The zero-order chi connectivity index (χ0) is 13.4. The van der Waals surface area contributed by atoms with E-state index in [4.69, 9.17) is 13.3 Å². The van der Waals surface area contributed by atoms with E-state index in [2.05, 4.69) is 19.1 Å². The van der Waals surface area contributed by atoms with Crippen LogP contribution in [0.4, 0.5) is 0 Å². The van der Waals surface area contributed by atoms with Gasteiger partial charge in [-0.2, -0.15) is 6.08 Å². The fraction of sp³-hybridized carbons (Fsp3) is 0.588. The molecule has 1 rings (SSSR count). The molecule has 0 heterocycles. The SMILES string of the molecule is CCCC1=[C-]CC=C1[Si](OCC)(OCC)OCC.[CH3-].[CH3-].[CH3-].[Pt+4]. The maximum Gasteiger partial charge on any atom is 4.00 e. The largest absolute Gasteiger partial charge is 4.00 e. The molecule has 1 aliphatic rings. The first-order valence-electron chi connectivity index (χ1n) is 6.96. The van der Waals surface area contributed by atoms with Gasteiger partial charge in [-0.1, -0.05) is 19.8 Å². The van der Waals surface area contributed by atoms with Gasteiger partial charge in [0.05, 0.1) is 0 Å². The van der Waals surface area contributed by atoms with Crippen LogP contribution in [0.3, 0.4) is 0 Å². The van der Waals surface area contributed by atoms with E-state index in [9.17, 15) is 0 Å². The van der Waals surface area contributed by atoms with Crippen LogP contribution < -0.4 is 0 Å². The molecule has 0 amide bonds. The van der Waals surface area contributed by atoms with E-state index >= 15 is 0 Å². The van der Waals surface area contributed by atoms with Gasteiger partial charge < -0.3 is 35.6 Å². The molecule has 0 fully saturated rings. The Labute approximate surface area is 155 Å². The summed E-state index contributed by atoms with van der Waals surface area (Å²) in [6.07, 6.45) is 8.55. The second-order valence-corrected chi connectivity index (χ2v) is 6.60. The average Bonchev–Trinajstić information content (AvgIpc) is 2.79. The molecule has 5 heteroatoms. The molecule has 0 saturated carbocycles. The van der Waals surface area contributed by atoms with Crippen LogP contribution in [0.25, 0.3) is 0 Å². The number of allylic oxidation sites excluding steroid dienone is 4. The van der Waals surface area contributed by atoms with Gasteiger partial charge in [0.25, 0.3) is 0 Å². The third-order valence-electron chi connectivity index (χ3n) is 2.78. The quantitative estimate of drug-likeness (QED) is 0.331. The molecule has 0 aromatic carbocycles. The van der Waals surface area contributed by atoms with Gasteiger partial charge >= 0.3 is 29.9 Å². The van der Waals surface area contributed by atoms with Crippen LogP contribution in [0.15, 0.2) is 16.8 Å². The van der Waals surface area contributed by atoms with Gasteiger partial charge in [0.1, 0.15) is 0 Å². The molecule has 134 valence electrons. The van der Waals surface area contributed by atoms with Crippen molar-refractivity contribution in [3.05, 3.63) is 45.2 Å². The number of hydrogen-bond acceptors (Lipinski definition) is 3. The summed E-state index contributed by atoms with van der Waals surface area (Å²) in [7, 11) is -2.70. The van der Waals surface area contributed by atoms with Crippen LogP contribution in [0, 0.1) is 28.4 Å². The van der Waals surface area contributed by atoms with Crippen molar-refractivity contribution in [2.24, 2.45) is 0 Å². The average molecular weight is 510 g/mol. The number of hydrogen-bond donors (Lipinski definition) is 0. The van der Waals surface area contributed by atoms with Crippen molar-refractivity contribution >= 4 is 8.80 Å². The molecule has 3 nitrogen and oxygen atoms in total. The van der Waals surface area contributed by atoms with Gasteiger partial charge in [0.15, 0.2) is 0 Å². The Kier molecular flexibility index (Phi) is 22.1. The van der Waals surface area contributed by atoms with Crippen LogP contribution in [0.5, 0.6) is 0 Å². The van der Waals surface area contributed by atoms with Gasteiger partial charge in [0, 0.05) is 19.8 Å². The molecule has 0 bridgehead atoms. The van der Waals surface area contributed by atoms with E-state index in [-0.39, 0.29) is 43.3 Å². The van der Waals surface area contributed by atoms with Crippen LogP contribution in [0.2, 0.25) is 0 Å². The monoisotopic (exact) mass is 509 g/mol. The van der Waals surface area contributed by atoms with Crippen LogP contribution in [-0.2, 0) is 34.3 Å². The molecule has 0 saturated heterocycles. The zero-order valence-corrected chi connectivity index (χ0v) is 18.6. The predicted molar refractivity (Wildman–Crippen MR) is 94.2 cm³/mol. The van der Waals surface area contributed by atoms with E-state index in [1.54, 1.807) is 0 Å². The molecule has 0 unspecified atom stereocenters. The van der Waals surface area contributed by atoms with Gasteiger partial charge in [-0.25, -0.2) is 5.57 Å². The second kappa shape index (κ2) is 16.1. The normalized spacial score (nSPS) is 12.9. The molecule has 1 aliphatic carbocycles. The van der Waals surface area contributed by atoms with E-state index in [0.717, 1.165) is 24.5 Å². The Morgan fingerprint density at radius 3 is 1.77 bits per heavy atom. The van der Waals surface area contributed by atoms with Crippen molar-refractivity contribution in [3.63, 3.8) is 0 Å². The summed E-state index contributed by atoms with van der Waals surface area (Å²) in [5.41, 5.74) is 1.24. The molecule has 0 N–H and O–H groups in total. The summed E-state index contributed by atoms with van der Waals surface area (Å²) in [5, 5.41) is 1.15. The summed E-state index contributed by atoms with van der Waals surface area (Å²) >= 11 is 0. The summed E-state index contributed by atoms with van der Waals surface area (Å²) in [6, 6.07) is 0. The molecular weight excluding hydrogens is 475 g/mol. The van der Waals surface area contributed by atoms with Crippen molar-refractivity contribution in [3.8, 4) is 0 Å². The fourth-order valence-electron chi connectivity index (χ4n) is 2.21. The van der Waals surface area contributed by atoms with Gasteiger partial charge in [-0.15, -0.1) is 11.6 Å². The van der Waals surface area contributed by atoms with Crippen molar-refractivity contribution < 1.29 is 34.3 Å². The molecular formula is C17H34O3PtSi. The Hall–Kier alpha value is 0.265. The molecule has 0 aliphatic heterocycles. The van der Waals surface area contributed by atoms with Gasteiger partial charge in [-0.05, 0) is 20.8 Å². The van der Waals surface area contributed by atoms with E-state index in [1.165, 1.54) is 5.57 Å². The third-order valence-corrected chi connectivity index (χ3v) is 5.95. The topological polar surface area (TPSA) is 27.7 Å². The first kappa shape index (κ1) is 30.2. The first-order valence-corrected chi connectivity index (χ1v) is 8.69. The smallest absolute Gasteiger partial charge is 0.382 e. The van der Waals surface area contributed by atoms with Crippen LogP contribution in [0.1, 0.15) is 47.0 Å². The standard InChI is InChI=1S/C14H25O3Si.3CH3.Pt/c1-5-10-13-11-9-12-14(13)18(15-6-2,16-7-3)17-8-4;;;;/h12H,5-10H2,1-4H3;3*1H3;/q4*-1;+4. The predicted octanol–water partition coefficient (Wildman–Crippen LogP) is 4.78. The Morgan fingerprint density at radius 2 is 1.41 bits per heavy atom. The van der Waals surface area contributed by atoms with E-state index in [0.29, 0.717) is 19.8 Å². The minimum absolute atomic E-state index is 0. The first-order chi connectivity index (χ1) is 8.74. The van der Waals surface area contributed by atoms with Crippen molar-refractivity contribution in [1.29, 1.82) is 0 Å². The maximum absolute atomic E-state index is 5.94. The second-order valence-electron chi connectivity index (χ2n) is 4.08. The molecule has 0 aromatic heterocycles. The Bertz CT molecular complexity index is 300. The summed E-state index contributed by atoms with van der Waals surface area (Å²) in [4.78, 5) is 0. The van der Waals surface area contributed by atoms with Crippen molar-refractivity contribution in [2.45, 2.75) is 47.0 Å².